The molecule has 2 N–H and O–H groups in total. The van der Waals surface area contributed by atoms with Gasteiger partial charge in [-0.05, 0) is 79.7 Å². The highest BCUT2D eigenvalue weighted by atomic mass is 32.1. The molecule has 0 radical (unpaired) electrons. The van der Waals surface area contributed by atoms with E-state index in [0.717, 1.165) is 22.5 Å². The normalized spacial score (nSPS) is 16.7. The molecule has 0 bridgehead atoms. The summed E-state index contributed by atoms with van der Waals surface area (Å²) >= 11 is 5.70. The van der Waals surface area contributed by atoms with Crippen LogP contribution in [0.2, 0.25) is 0 Å². The zero-order valence-corrected chi connectivity index (χ0v) is 22.3. The number of hydrogen-bond acceptors (Lipinski definition) is 6. The third kappa shape index (κ3) is 5.65. The molecule has 2 atom stereocenters. The van der Waals surface area contributed by atoms with Gasteiger partial charge in [0.25, 0.3) is 5.69 Å². The molecule has 1 aliphatic rings. The van der Waals surface area contributed by atoms with Crippen LogP contribution in [0.3, 0.4) is 0 Å². The summed E-state index contributed by atoms with van der Waals surface area (Å²) in [6.45, 7) is 4.31. The minimum absolute atomic E-state index is 0.0106. The summed E-state index contributed by atoms with van der Waals surface area (Å²) in [6.07, 6.45) is 1.94. The topological polar surface area (TPSA) is 114 Å². The summed E-state index contributed by atoms with van der Waals surface area (Å²) in [7, 11) is 0. The number of hydrogen-bond donors (Lipinski definition) is 2. The summed E-state index contributed by atoms with van der Waals surface area (Å²) in [5.41, 5.74) is 4.38. The summed E-state index contributed by atoms with van der Waals surface area (Å²) < 4.78 is 6.28. The molecular weight excluding hydrogens is 514 g/mol. The fraction of sp³-hybridized carbons (Fsp3) is 0.207. The third-order valence-corrected chi connectivity index (χ3v) is 7.08. The first-order chi connectivity index (χ1) is 18.8. The zero-order valence-electron chi connectivity index (χ0n) is 21.5. The number of amides is 1. The zero-order chi connectivity index (χ0) is 27.5. The van der Waals surface area contributed by atoms with Crippen molar-refractivity contribution in [3.05, 3.63) is 112 Å². The molecule has 0 unspecified atom stereocenters. The van der Waals surface area contributed by atoms with Crippen LogP contribution in [0.15, 0.2) is 83.4 Å². The van der Waals surface area contributed by atoms with Crippen LogP contribution in [0.25, 0.3) is 11.3 Å². The van der Waals surface area contributed by atoms with Crippen LogP contribution in [0.4, 0.5) is 11.4 Å². The van der Waals surface area contributed by atoms with E-state index in [9.17, 15) is 14.9 Å². The third-order valence-electron chi connectivity index (χ3n) is 6.73. The lowest BCUT2D eigenvalue weighted by atomic mass is 10.0. The molecule has 9 nitrogen and oxygen atoms in total. The van der Waals surface area contributed by atoms with Gasteiger partial charge < -0.3 is 20.0 Å². The number of thiocarbonyl (C=S) groups is 1. The van der Waals surface area contributed by atoms with Crippen molar-refractivity contribution in [2.45, 2.75) is 32.4 Å². The Morgan fingerprint density at radius 1 is 1.13 bits per heavy atom. The van der Waals surface area contributed by atoms with Crippen molar-refractivity contribution in [3.8, 4) is 11.3 Å². The van der Waals surface area contributed by atoms with Gasteiger partial charge in [-0.3, -0.25) is 19.9 Å². The first-order valence-electron chi connectivity index (χ1n) is 12.5. The quantitative estimate of drug-likeness (QED) is 0.162. The molecule has 2 aromatic carbocycles. The highest BCUT2D eigenvalue weighted by Gasteiger charge is 2.41. The van der Waals surface area contributed by atoms with E-state index in [4.69, 9.17) is 16.6 Å². The van der Waals surface area contributed by atoms with E-state index >= 15 is 0 Å². The average Bonchev–Trinajstić information content (AvgIpc) is 3.54. The Labute approximate surface area is 231 Å². The molecule has 1 saturated heterocycles. The fourth-order valence-corrected chi connectivity index (χ4v) is 5.01. The molecule has 5 rings (SSSR count). The van der Waals surface area contributed by atoms with Gasteiger partial charge in [-0.15, -0.1) is 0 Å². The SMILES string of the molecule is Cc1ccc(C)c(NC(=O)CCN2C(=S)N[C@H](c3ccccn3)[C@@H]2c2ccc(-c3ccc([N+](=O)[O-])cc3)o2)c1. The van der Waals surface area contributed by atoms with E-state index in [0.29, 0.717) is 28.7 Å². The van der Waals surface area contributed by atoms with Crippen LogP contribution in [0, 0.1) is 24.0 Å². The maximum atomic E-state index is 12.9. The number of nitro benzene ring substituents is 1. The number of non-ortho nitro benzene ring substituents is 1. The highest BCUT2D eigenvalue weighted by Crippen LogP contribution is 2.40. The predicted molar refractivity (Wildman–Crippen MR) is 152 cm³/mol. The van der Waals surface area contributed by atoms with Gasteiger partial charge in [-0.2, -0.15) is 0 Å². The molecular formula is C29H27N5O4S. The predicted octanol–water partition coefficient (Wildman–Crippen LogP) is 5.87. The molecule has 39 heavy (non-hydrogen) atoms. The Bertz CT molecular complexity index is 1520. The van der Waals surface area contributed by atoms with E-state index in [2.05, 4.69) is 15.6 Å². The van der Waals surface area contributed by atoms with Gasteiger partial charge in [0, 0.05) is 42.5 Å². The van der Waals surface area contributed by atoms with Gasteiger partial charge in [-0.1, -0.05) is 18.2 Å². The first-order valence-corrected chi connectivity index (χ1v) is 12.9. The number of aromatic nitrogens is 1. The molecule has 1 fully saturated rings. The van der Waals surface area contributed by atoms with E-state index < -0.39 is 4.92 Å². The second kappa shape index (κ2) is 11.0. The highest BCUT2D eigenvalue weighted by molar-refractivity contribution is 7.80. The summed E-state index contributed by atoms with van der Waals surface area (Å²) in [4.78, 5) is 30.0. The van der Waals surface area contributed by atoms with Crippen molar-refractivity contribution in [3.63, 3.8) is 0 Å². The Hall–Kier alpha value is -4.57. The van der Waals surface area contributed by atoms with Crippen molar-refractivity contribution in [1.29, 1.82) is 0 Å². The summed E-state index contributed by atoms with van der Waals surface area (Å²) in [6, 6.07) is 20.9. The molecule has 0 saturated carbocycles. The molecule has 10 heteroatoms. The monoisotopic (exact) mass is 541 g/mol. The Morgan fingerprint density at radius 3 is 2.64 bits per heavy atom. The number of carbonyl (C=O) groups is 1. The number of nitrogens with zero attached hydrogens (tertiary/aromatic N) is 3. The lowest BCUT2D eigenvalue weighted by molar-refractivity contribution is -0.384. The van der Waals surface area contributed by atoms with Crippen molar-refractivity contribution in [2.75, 3.05) is 11.9 Å². The number of anilines is 1. The second-order valence-electron chi connectivity index (χ2n) is 9.44. The first kappa shape index (κ1) is 26.1. The summed E-state index contributed by atoms with van der Waals surface area (Å²) in [5.74, 6) is 1.10. The van der Waals surface area contributed by atoms with E-state index in [1.54, 1.807) is 18.3 Å². The Kier molecular flexibility index (Phi) is 7.38. The lowest BCUT2D eigenvalue weighted by Crippen LogP contribution is -2.32. The number of nitro groups is 1. The minimum atomic E-state index is -0.436. The van der Waals surface area contributed by atoms with Gasteiger partial charge in [0.1, 0.15) is 17.6 Å². The number of benzene rings is 2. The van der Waals surface area contributed by atoms with Gasteiger partial charge >= 0.3 is 0 Å². The lowest BCUT2D eigenvalue weighted by Gasteiger charge is -2.26. The Balaban J connectivity index is 1.39. The molecule has 4 aromatic rings. The minimum Gasteiger partial charge on any atom is -0.459 e. The number of pyridine rings is 1. The number of carbonyl (C=O) groups excluding carboxylic acids is 1. The van der Waals surface area contributed by atoms with Crippen molar-refractivity contribution in [1.82, 2.24) is 15.2 Å². The van der Waals surface area contributed by atoms with Crippen molar-refractivity contribution >= 4 is 34.6 Å². The van der Waals surface area contributed by atoms with Crippen LogP contribution in [0.1, 0.15) is 41.1 Å². The fourth-order valence-electron chi connectivity index (χ4n) is 4.67. The van der Waals surface area contributed by atoms with Gasteiger partial charge in [0.2, 0.25) is 5.91 Å². The molecule has 1 amide bonds. The molecule has 3 heterocycles. The smallest absolute Gasteiger partial charge is 0.269 e. The van der Waals surface area contributed by atoms with Crippen LogP contribution >= 0.6 is 12.2 Å². The number of nitrogens with one attached hydrogen (secondary N) is 2. The number of rotatable bonds is 8. The maximum Gasteiger partial charge on any atom is 0.269 e. The molecule has 2 aromatic heterocycles. The molecule has 0 spiro atoms. The maximum absolute atomic E-state index is 12.9. The van der Waals surface area contributed by atoms with Crippen LogP contribution < -0.4 is 10.6 Å². The number of aryl methyl sites for hydroxylation is 2. The standard InChI is InChI=1S/C29H27N5O4S/c1-18-6-7-19(2)23(17-18)31-26(35)14-16-33-28(27(32-29(33)39)22-5-3-4-15-30-22)25-13-12-24(38-25)20-8-10-21(11-9-20)34(36)37/h3-13,15,17,27-28H,14,16H2,1-2H3,(H,31,35)(H,32,39)/t27-,28+/m1/s1. The molecule has 198 valence electrons. The van der Waals surface area contributed by atoms with Gasteiger partial charge in [0.05, 0.1) is 16.7 Å². The number of furan rings is 1. The van der Waals surface area contributed by atoms with Crippen LogP contribution in [-0.4, -0.2) is 32.4 Å². The Morgan fingerprint density at radius 2 is 1.92 bits per heavy atom. The van der Waals surface area contributed by atoms with Gasteiger partial charge in [0.15, 0.2) is 5.11 Å². The van der Waals surface area contributed by atoms with Crippen LogP contribution in [-0.2, 0) is 4.79 Å². The largest absolute Gasteiger partial charge is 0.459 e. The van der Waals surface area contributed by atoms with Crippen molar-refractivity contribution < 1.29 is 14.1 Å². The molecule has 0 aliphatic carbocycles. The van der Waals surface area contributed by atoms with E-state index in [-0.39, 0.29) is 30.1 Å². The summed E-state index contributed by atoms with van der Waals surface area (Å²) in [5, 5.41) is 17.9. The van der Waals surface area contributed by atoms with Crippen molar-refractivity contribution in [2.24, 2.45) is 0 Å². The molecule has 1 aliphatic heterocycles. The van der Waals surface area contributed by atoms with Crippen LogP contribution in [0.5, 0.6) is 0 Å². The second-order valence-corrected chi connectivity index (χ2v) is 9.83. The van der Waals surface area contributed by atoms with E-state index in [1.165, 1.54) is 12.1 Å². The van der Waals surface area contributed by atoms with E-state index in [1.807, 2.05) is 67.3 Å². The average molecular weight is 542 g/mol. The van der Waals surface area contributed by atoms with Gasteiger partial charge in [-0.25, -0.2) is 0 Å².